The minimum atomic E-state index is -5.72. The van der Waals surface area contributed by atoms with Gasteiger partial charge < -0.3 is 30.0 Å². The number of rotatable bonds is 9. The zero-order valence-electron chi connectivity index (χ0n) is 15.2. The van der Waals surface area contributed by atoms with Crippen LogP contribution >= 0.6 is 23.5 Å². The maximum Gasteiger partial charge on any atom is 0.490 e. The van der Waals surface area contributed by atoms with Crippen LogP contribution in [0.3, 0.4) is 0 Å². The molecule has 0 amide bonds. The fraction of sp³-hybridized carbons (Fsp3) is 0.636. The molecule has 0 radical (unpaired) electrons. The summed E-state index contributed by atoms with van der Waals surface area (Å²) >= 11 is 0. The van der Waals surface area contributed by atoms with E-state index < -0.39 is 53.8 Å². The van der Waals surface area contributed by atoms with Gasteiger partial charge in [0, 0.05) is 6.20 Å². The average Bonchev–Trinajstić information content (AvgIpc) is 2.95. The summed E-state index contributed by atoms with van der Waals surface area (Å²) in [6, 6.07) is 1.30. The van der Waals surface area contributed by atoms with Crippen LogP contribution in [-0.2, 0) is 31.6 Å². The summed E-state index contributed by atoms with van der Waals surface area (Å²) in [5.74, 6) is -0.0490. The van der Waals surface area contributed by atoms with Crippen molar-refractivity contribution < 1.29 is 55.5 Å². The number of nitrogens with zero attached hydrogens (tertiary/aromatic N) is 2. The first-order valence-electron chi connectivity index (χ1n) is 7.99. The molecule has 0 aliphatic carbocycles. The first kappa shape index (κ1) is 25.2. The van der Waals surface area contributed by atoms with E-state index in [9.17, 15) is 27.8 Å². The Labute approximate surface area is 168 Å². The largest absolute Gasteiger partial charge is 0.490 e. The third-order valence-electron chi connectivity index (χ3n) is 3.96. The summed E-state index contributed by atoms with van der Waals surface area (Å²) in [5, 5.41) is 0. The second-order valence-electron chi connectivity index (χ2n) is 6.20. The van der Waals surface area contributed by atoms with Crippen molar-refractivity contribution in [1.82, 2.24) is 9.55 Å². The van der Waals surface area contributed by atoms with Gasteiger partial charge in [0.15, 0.2) is 0 Å². The van der Waals surface area contributed by atoms with Crippen LogP contribution in [-0.4, -0.2) is 47.5 Å². The van der Waals surface area contributed by atoms with E-state index in [2.05, 4.69) is 18.1 Å². The second-order valence-corrected chi connectivity index (χ2v) is 10.6. The van der Waals surface area contributed by atoms with Crippen LogP contribution in [0.15, 0.2) is 17.1 Å². The van der Waals surface area contributed by atoms with Gasteiger partial charge in [0.2, 0.25) is 0 Å². The molecule has 30 heavy (non-hydrogen) atoms. The Morgan fingerprint density at radius 3 is 2.50 bits per heavy atom. The van der Waals surface area contributed by atoms with Gasteiger partial charge in [-0.15, -0.1) is 0 Å². The minimum absolute atomic E-state index is 0.0490. The summed E-state index contributed by atoms with van der Waals surface area (Å²) in [6.07, 6.45) is -1.61. The summed E-state index contributed by atoms with van der Waals surface area (Å²) in [6.45, 7) is 0.0642. The highest BCUT2D eigenvalue weighted by Gasteiger charge is 2.49. The molecule has 1 aliphatic rings. The van der Waals surface area contributed by atoms with Crippen molar-refractivity contribution in [3.05, 3.63) is 22.7 Å². The Balaban J connectivity index is 2.12. The van der Waals surface area contributed by atoms with Gasteiger partial charge in [-0.2, -0.15) is 13.6 Å². The average molecular weight is 497 g/mol. The molecule has 15 nitrogen and oxygen atoms in total. The van der Waals surface area contributed by atoms with Crippen LogP contribution in [0.25, 0.3) is 0 Å². The van der Waals surface area contributed by atoms with Crippen LogP contribution < -0.4 is 11.4 Å². The minimum Gasteiger partial charge on any atom is -0.383 e. The Morgan fingerprint density at radius 2 is 1.97 bits per heavy atom. The number of phosphoric ester groups is 1. The Kier molecular flexibility index (Phi) is 7.44. The predicted molar refractivity (Wildman–Crippen MR) is 95.4 cm³/mol. The Hall–Kier alpha value is -1.02. The molecule has 1 fully saturated rings. The number of ether oxygens (including phenoxy) is 1. The quantitative estimate of drug-likeness (QED) is 0.294. The number of nitrogen functional groups attached to an aromatic ring is 1. The van der Waals surface area contributed by atoms with Crippen LogP contribution in [0.2, 0.25) is 0 Å². The lowest BCUT2D eigenvalue weighted by Gasteiger charge is -2.31. The third-order valence-corrected chi connectivity index (χ3v) is 7.74. The topological polar surface area (TPSA) is 230 Å². The van der Waals surface area contributed by atoms with Gasteiger partial charge in [0.1, 0.15) is 23.8 Å². The first-order chi connectivity index (χ1) is 13.5. The zero-order valence-corrected chi connectivity index (χ0v) is 17.9. The van der Waals surface area contributed by atoms with Crippen molar-refractivity contribution in [3.63, 3.8) is 0 Å². The fourth-order valence-corrected chi connectivity index (χ4v) is 5.68. The molecule has 6 N–H and O–H groups in total. The maximum atomic E-state index is 14.3. The van der Waals surface area contributed by atoms with Gasteiger partial charge in [0.25, 0.3) is 0 Å². The molecule has 5 atom stereocenters. The first-order valence-corrected chi connectivity index (χ1v) is 12.5. The number of anilines is 1. The molecule has 0 spiro atoms. The van der Waals surface area contributed by atoms with Crippen molar-refractivity contribution >= 4 is 29.3 Å². The smallest absolute Gasteiger partial charge is 0.383 e. The molecular weight excluding hydrogens is 478 g/mol. The van der Waals surface area contributed by atoms with E-state index in [0.29, 0.717) is 0 Å². The van der Waals surface area contributed by atoms with Gasteiger partial charge in [-0.05, 0) is 25.8 Å². The van der Waals surface area contributed by atoms with Crippen molar-refractivity contribution in [2.75, 3.05) is 12.3 Å². The van der Waals surface area contributed by atoms with E-state index >= 15 is 0 Å². The van der Waals surface area contributed by atoms with Crippen molar-refractivity contribution in [2.24, 2.45) is 0 Å². The molecule has 1 aromatic heterocycles. The maximum absolute atomic E-state index is 14.3. The zero-order chi connectivity index (χ0) is 23.0. The normalized spacial score (nSPS) is 27.3. The second kappa shape index (κ2) is 8.85. The molecule has 1 aliphatic heterocycles. The number of phosphoric acid groups is 3. The molecular formula is C11H19FN3O12P3. The van der Waals surface area contributed by atoms with Crippen molar-refractivity contribution in [3.8, 4) is 0 Å². The Bertz CT molecular complexity index is 982. The third kappa shape index (κ3) is 6.74. The lowest BCUT2D eigenvalue weighted by molar-refractivity contribution is -0.130. The molecule has 2 heterocycles. The number of hydrogen-bond donors (Lipinski definition) is 5. The molecule has 2 rings (SSSR count). The number of nitrogens with two attached hydrogens (primary N) is 1. The van der Waals surface area contributed by atoms with Gasteiger partial charge in [-0.3, -0.25) is 9.09 Å². The molecule has 172 valence electrons. The van der Waals surface area contributed by atoms with Crippen LogP contribution in [0, 0.1) is 0 Å². The van der Waals surface area contributed by atoms with E-state index in [1.54, 1.807) is 0 Å². The highest BCUT2D eigenvalue weighted by atomic mass is 31.3. The number of hydrogen-bond acceptors (Lipinski definition) is 10. The number of aromatic nitrogens is 2. The van der Waals surface area contributed by atoms with Gasteiger partial charge in [-0.25, -0.2) is 22.9 Å². The van der Waals surface area contributed by atoms with Crippen LogP contribution in [0.1, 0.15) is 26.0 Å². The van der Waals surface area contributed by atoms with E-state index in [1.165, 1.54) is 12.3 Å². The lowest BCUT2D eigenvalue weighted by Crippen LogP contribution is -2.43. The number of halogens is 1. The van der Waals surface area contributed by atoms with E-state index in [1.807, 2.05) is 0 Å². The molecule has 1 aromatic rings. The summed E-state index contributed by atoms with van der Waals surface area (Å²) in [5.41, 5.74) is 2.75. The van der Waals surface area contributed by atoms with Crippen molar-refractivity contribution in [1.29, 1.82) is 0 Å². The fourth-order valence-electron chi connectivity index (χ4n) is 2.61. The molecule has 19 heteroatoms. The summed E-state index contributed by atoms with van der Waals surface area (Å²) < 4.78 is 66.3. The predicted octanol–water partition coefficient (Wildman–Crippen LogP) is 0.575. The molecule has 0 aromatic carbocycles. The Morgan fingerprint density at radius 1 is 1.33 bits per heavy atom. The lowest BCUT2D eigenvalue weighted by atomic mass is 9.96. The van der Waals surface area contributed by atoms with Crippen LogP contribution in [0.4, 0.5) is 10.2 Å². The van der Waals surface area contributed by atoms with Gasteiger partial charge in [0.05, 0.1) is 6.61 Å². The molecule has 3 unspecified atom stereocenters. The van der Waals surface area contributed by atoms with Crippen LogP contribution in [0.5, 0.6) is 0 Å². The highest BCUT2D eigenvalue weighted by Crippen LogP contribution is 2.66. The van der Waals surface area contributed by atoms with E-state index in [-0.39, 0.29) is 18.7 Å². The van der Waals surface area contributed by atoms with Gasteiger partial charge >= 0.3 is 29.2 Å². The molecule has 0 bridgehead atoms. The monoisotopic (exact) mass is 497 g/mol. The number of alkyl halides is 1. The van der Waals surface area contributed by atoms with E-state index in [0.717, 1.165) is 11.5 Å². The summed E-state index contributed by atoms with van der Waals surface area (Å²) in [4.78, 5) is 51.1. The van der Waals surface area contributed by atoms with E-state index in [4.69, 9.17) is 25.2 Å². The van der Waals surface area contributed by atoms with Crippen molar-refractivity contribution in [2.45, 2.75) is 37.8 Å². The molecule has 0 saturated carbocycles. The SMILES string of the molecule is CC(F)[C@@]1(COP(=O)(O)OP(=O)(O)OP(=O)(O)O)CC[C@H](n2ccc(N)nc2=O)O1. The standard InChI is InChI=1S/C11H19FN3O12P3/c1-7(12)11(4-2-9(25-11)15-5-3-8(13)14-10(15)16)6-24-29(20,21)27-30(22,23)26-28(17,18)19/h3,5,7,9H,2,4,6H2,1H3,(H,20,21)(H,22,23)(H2,13,14,16)(H2,17,18,19)/t7?,9-,11+/m1/s1. The molecule has 1 saturated heterocycles. The highest BCUT2D eigenvalue weighted by molar-refractivity contribution is 7.66. The van der Waals surface area contributed by atoms with Gasteiger partial charge in [-0.1, -0.05) is 0 Å². The summed E-state index contributed by atoms with van der Waals surface area (Å²) in [7, 11) is -16.7.